The van der Waals surface area contributed by atoms with Crippen LogP contribution < -0.4 is 5.73 Å². The largest absolute Gasteiger partial charge is 0.398 e. The molecule has 1 rings (SSSR count). The monoisotopic (exact) mass is 218 g/mol. The minimum Gasteiger partial charge on any atom is -0.398 e. The number of nitrogens with one attached hydrogen (secondary N) is 1. The number of aromatic nitrogens is 1. The number of nitrogens with two attached hydrogens (primary N) is 1. The van der Waals surface area contributed by atoms with Crippen molar-refractivity contribution in [1.82, 2.24) is 4.98 Å². The summed E-state index contributed by atoms with van der Waals surface area (Å²) in [5.74, 6) is 0. The number of hydrogen-bond acceptors (Lipinski definition) is 2. The van der Waals surface area contributed by atoms with Crippen molar-refractivity contribution in [3.05, 3.63) is 20.9 Å². The average molecular weight is 219 g/mol. The molecule has 0 radical (unpaired) electrons. The standard InChI is InChI=1S/C6H7BrN2S/c1-3-2-4(8)5(7)6(10)9-3/h2H,1H3,(H3,8,9,10). The lowest BCUT2D eigenvalue weighted by Crippen LogP contribution is -1.91. The summed E-state index contributed by atoms with van der Waals surface area (Å²) >= 11 is 8.20. The van der Waals surface area contributed by atoms with Gasteiger partial charge in [-0.25, -0.2) is 0 Å². The summed E-state index contributed by atoms with van der Waals surface area (Å²) in [5, 5.41) is 0. The van der Waals surface area contributed by atoms with Crippen molar-refractivity contribution in [1.29, 1.82) is 0 Å². The van der Waals surface area contributed by atoms with Crippen LogP contribution in [0.15, 0.2) is 10.5 Å². The Morgan fingerprint density at radius 3 is 2.80 bits per heavy atom. The molecule has 1 aromatic heterocycles. The van der Waals surface area contributed by atoms with E-state index >= 15 is 0 Å². The fraction of sp³-hybridized carbons (Fsp3) is 0.167. The van der Waals surface area contributed by atoms with E-state index in [1.807, 2.05) is 13.0 Å². The van der Waals surface area contributed by atoms with Crippen LogP contribution in [0.25, 0.3) is 0 Å². The molecule has 1 heterocycles. The maximum Gasteiger partial charge on any atom is 0.119 e. The van der Waals surface area contributed by atoms with Gasteiger partial charge in [-0.1, -0.05) is 12.2 Å². The normalized spacial score (nSPS) is 9.80. The van der Waals surface area contributed by atoms with Crippen molar-refractivity contribution in [3.8, 4) is 0 Å². The molecule has 0 saturated heterocycles. The summed E-state index contributed by atoms with van der Waals surface area (Å²) < 4.78 is 1.42. The van der Waals surface area contributed by atoms with E-state index in [9.17, 15) is 0 Å². The Morgan fingerprint density at radius 1 is 1.70 bits per heavy atom. The van der Waals surface area contributed by atoms with E-state index in [1.165, 1.54) is 0 Å². The molecule has 0 unspecified atom stereocenters. The van der Waals surface area contributed by atoms with Gasteiger partial charge in [0.25, 0.3) is 0 Å². The quantitative estimate of drug-likeness (QED) is 0.658. The van der Waals surface area contributed by atoms with Crippen LogP contribution in [0.4, 0.5) is 5.69 Å². The second kappa shape index (κ2) is 2.72. The zero-order valence-electron chi connectivity index (χ0n) is 5.44. The highest BCUT2D eigenvalue weighted by Gasteiger charge is 1.96. The molecule has 0 atom stereocenters. The van der Waals surface area contributed by atoms with E-state index in [1.54, 1.807) is 0 Å². The molecule has 0 saturated carbocycles. The molecule has 0 amide bonds. The fourth-order valence-electron chi connectivity index (χ4n) is 0.698. The van der Waals surface area contributed by atoms with Crippen LogP contribution in [0.2, 0.25) is 0 Å². The third-order valence-electron chi connectivity index (χ3n) is 1.14. The van der Waals surface area contributed by atoms with Crippen molar-refractivity contribution in [2.75, 3.05) is 5.73 Å². The van der Waals surface area contributed by atoms with Gasteiger partial charge < -0.3 is 10.7 Å². The first kappa shape index (κ1) is 7.75. The number of aryl methyl sites for hydroxylation is 1. The van der Waals surface area contributed by atoms with Gasteiger partial charge in [0.05, 0.1) is 10.2 Å². The van der Waals surface area contributed by atoms with E-state index in [2.05, 4.69) is 20.9 Å². The molecular weight excluding hydrogens is 212 g/mol. The van der Waals surface area contributed by atoms with Gasteiger partial charge in [-0.3, -0.25) is 0 Å². The first-order valence-corrected chi connectivity index (χ1v) is 3.96. The number of halogens is 1. The minimum absolute atomic E-state index is 0.650. The van der Waals surface area contributed by atoms with E-state index in [4.69, 9.17) is 18.0 Å². The van der Waals surface area contributed by atoms with Gasteiger partial charge in [0, 0.05) is 5.69 Å². The smallest absolute Gasteiger partial charge is 0.119 e. The lowest BCUT2D eigenvalue weighted by atomic mass is 10.3. The summed E-state index contributed by atoms with van der Waals surface area (Å²) in [7, 11) is 0. The molecular formula is C6H7BrN2S. The lowest BCUT2D eigenvalue weighted by Gasteiger charge is -1.98. The summed E-state index contributed by atoms with van der Waals surface area (Å²) in [6.07, 6.45) is 0. The number of hydrogen-bond donors (Lipinski definition) is 2. The van der Waals surface area contributed by atoms with E-state index in [-0.39, 0.29) is 0 Å². The topological polar surface area (TPSA) is 41.8 Å². The van der Waals surface area contributed by atoms with Crippen molar-refractivity contribution >= 4 is 33.8 Å². The molecule has 0 bridgehead atoms. The summed E-state index contributed by atoms with van der Waals surface area (Å²) in [6.45, 7) is 1.92. The van der Waals surface area contributed by atoms with Crippen LogP contribution in [0, 0.1) is 11.6 Å². The highest BCUT2D eigenvalue weighted by molar-refractivity contribution is 9.10. The van der Waals surface area contributed by atoms with Crippen LogP contribution >= 0.6 is 28.1 Å². The molecule has 0 aliphatic heterocycles. The zero-order valence-corrected chi connectivity index (χ0v) is 7.84. The highest BCUT2D eigenvalue weighted by Crippen LogP contribution is 2.19. The number of aromatic amines is 1. The van der Waals surface area contributed by atoms with Crippen LogP contribution in [0.3, 0.4) is 0 Å². The van der Waals surface area contributed by atoms with Gasteiger partial charge in [-0.05, 0) is 28.9 Å². The summed E-state index contributed by atoms with van der Waals surface area (Å²) in [4.78, 5) is 2.97. The van der Waals surface area contributed by atoms with Crippen molar-refractivity contribution in [2.24, 2.45) is 0 Å². The van der Waals surface area contributed by atoms with Gasteiger partial charge >= 0.3 is 0 Å². The Labute approximate surface area is 72.6 Å². The average Bonchev–Trinajstić information content (AvgIpc) is 1.82. The molecule has 4 heteroatoms. The molecule has 2 nitrogen and oxygen atoms in total. The minimum atomic E-state index is 0.650. The van der Waals surface area contributed by atoms with Crippen molar-refractivity contribution in [2.45, 2.75) is 6.92 Å². The predicted molar refractivity (Wildman–Crippen MR) is 48.5 cm³/mol. The summed E-state index contributed by atoms with van der Waals surface area (Å²) in [6, 6.07) is 1.83. The third kappa shape index (κ3) is 1.38. The summed E-state index contributed by atoms with van der Waals surface area (Å²) in [5.41, 5.74) is 7.25. The number of H-pyrrole nitrogens is 1. The number of rotatable bonds is 0. The molecule has 0 aromatic carbocycles. The lowest BCUT2D eigenvalue weighted by molar-refractivity contribution is 1.17. The van der Waals surface area contributed by atoms with Crippen molar-refractivity contribution in [3.63, 3.8) is 0 Å². The molecule has 10 heavy (non-hydrogen) atoms. The first-order valence-electron chi connectivity index (χ1n) is 2.76. The Balaban J connectivity index is 3.46. The van der Waals surface area contributed by atoms with Crippen LogP contribution in [0.5, 0.6) is 0 Å². The van der Waals surface area contributed by atoms with Gasteiger partial charge in [-0.15, -0.1) is 0 Å². The predicted octanol–water partition coefficient (Wildman–Crippen LogP) is 2.40. The molecule has 0 aliphatic rings. The number of anilines is 1. The third-order valence-corrected chi connectivity index (χ3v) is 2.56. The zero-order chi connectivity index (χ0) is 7.72. The van der Waals surface area contributed by atoms with Crippen LogP contribution in [-0.4, -0.2) is 4.98 Å². The second-order valence-electron chi connectivity index (χ2n) is 2.05. The van der Waals surface area contributed by atoms with Crippen LogP contribution in [0.1, 0.15) is 5.69 Å². The molecule has 54 valence electrons. The Hall–Kier alpha value is -0.350. The molecule has 1 aromatic rings. The second-order valence-corrected chi connectivity index (χ2v) is 3.25. The molecule has 0 fully saturated rings. The maximum absolute atomic E-state index is 5.59. The van der Waals surface area contributed by atoms with E-state index < -0.39 is 0 Å². The molecule has 0 spiro atoms. The van der Waals surface area contributed by atoms with Gasteiger partial charge in [0.2, 0.25) is 0 Å². The Kier molecular flexibility index (Phi) is 2.11. The van der Waals surface area contributed by atoms with Gasteiger partial charge in [-0.2, -0.15) is 0 Å². The van der Waals surface area contributed by atoms with E-state index in [0.29, 0.717) is 10.3 Å². The Morgan fingerprint density at radius 2 is 2.30 bits per heavy atom. The van der Waals surface area contributed by atoms with Gasteiger partial charge in [0.1, 0.15) is 4.64 Å². The molecule has 3 N–H and O–H groups in total. The highest BCUT2D eigenvalue weighted by atomic mass is 79.9. The SMILES string of the molecule is Cc1cc(N)c(Br)c(=S)[nH]1. The van der Waals surface area contributed by atoms with Crippen molar-refractivity contribution < 1.29 is 0 Å². The van der Waals surface area contributed by atoms with Gasteiger partial charge in [0.15, 0.2) is 0 Å². The number of nitrogen functional groups attached to an aromatic ring is 1. The maximum atomic E-state index is 5.59. The fourth-order valence-corrected chi connectivity index (χ4v) is 1.19. The van der Waals surface area contributed by atoms with E-state index in [0.717, 1.165) is 10.2 Å². The molecule has 0 aliphatic carbocycles. The number of pyridine rings is 1. The first-order chi connectivity index (χ1) is 4.61. The van der Waals surface area contributed by atoms with Crippen LogP contribution in [-0.2, 0) is 0 Å². The Bertz CT molecular complexity index is 305.